The van der Waals surface area contributed by atoms with Crippen LogP contribution in [0.25, 0.3) is 40.6 Å². The number of rotatable bonds is 2. The van der Waals surface area contributed by atoms with E-state index in [0.29, 0.717) is 0 Å². The maximum Gasteiger partial charge on any atom is 0.0786 e. The number of aromatic nitrogens is 1. The number of hydrogen-bond acceptors (Lipinski definition) is 2. The minimum absolute atomic E-state index is 0.908. The second-order valence-electron chi connectivity index (χ2n) is 6.63. The molecule has 26 heavy (non-hydrogen) atoms. The number of hydrogen-bond donors (Lipinski definition) is 0. The molecule has 0 radical (unpaired) electrons. The predicted octanol–water partition coefficient (Wildman–Crippen LogP) is 7.27. The van der Waals surface area contributed by atoms with Gasteiger partial charge in [-0.15, -0.1) is 22.7 Å². The first-order chi connectivity index (χ1) is 12.9. The van der Waals surface area contributed by atoms with Crippen LogP contribution in [0.1, 0.15) is 5.56 Å². The van der Waals surface area contributed by atoms with Crippen LogP contribution in [0.2, 0.25) is 0 Å². The zero-order valence-corrected chi connectivity index (χ0v) is 15.6. The first-order valence-electron chi connectivity index (χ1n) is 8.75. The van der Waals surface area contributed by atoms with E-state index in [2.05, 4.69) is 83.4 Å². The van der Waals surface area contributed by atoms with E-state index in [1.165, 1.54) is 46.2 Å². The Hall–Kier alpha value is -2.62. The summed E-state index contributed by atoms with van der Waals surface area (Å²) in [4.78, 5) is 0. The molecule has 3 heterocycles. The molecule has 0 fully saturated rings. The molecule has 0 bridgehead atoms. The Balaban J connectivity index is 1.76. The van der Waals surface area contributed by atoms with Gasteiger partial charge < -0.3 is 4.57 Å². The molecular weight excluding hydrogens is 354 g/mol. The van der Waals surface area contributed by atoms with E-state index in [0.717, 1.165) is 6.54 Å². The summed E-state index contributed by atoms with van der Waals surface area (Å²) in [5.41, 5.74) is 4.07. The molecule has 0 unspecified atom stereocenters. The summed E-state index contributed by atoms with van der Waals surface area (Å²) in [6, 6.07) is 28.4. The van der Waals surface area contributed by atoms with Crippen molar-refractivity contribution in [1.29, 1.82) is 0 Å². The summed E-state index contributed by atoms with van der Waals surface area (Å²) in [5, 5.41) is 2.76. The average Bonchev–Trinajstić information content (AvgIpc) is 3.31. The van der Waals surface area contributed by atoms with E-state index in [1.807, 2.05) is 22.7 Å². The van der Waals surface area contributed by atoms with Crippen LogP contribution in [0.4, 0.5) is 0 Å². The third kappa shape index (κ3) is 1.96. The highest BCUT2D eigenvalue weighted by atomic mass is 32.1. The third-order valence-corrected chi connectivity index (χ3v) is 7.63. The maximum atomic E-state index is 2.51. The van der Waals surface area contributed by atoms with E-state index >= 15 is 0 Å². The zero-order chi connectivity index (χ0) is 17.1. The second-order valence-corrected chi connectivity index (χ2v) is 8.70. The van der Waals surface area contributed by atoms with Gasteiger partial charge in [-0.1, -0.05) is 66.7 Å². The van der Waals surface area contributed by atoms with Crippen LogP contribution in [-0.2, 0) is 6.54 Å². The molecule has 1 nitrogen and oxygen atoms in total. The van der Waals surface area contributed by atoms with Gasteiger partial charge in [0.2, 0.25) is 0 Å². The quantitative estimate of drug-likeness (QED) is 0.302. The molecule has 3 aromatic carbocycles. The first-order valence-corrected chi connectivity index (χ1v) is 10.4. The summed E-state index contributed by atoms with van der Waals surface area (Å²) in [6.45, 7) is 0.908. The van der Waals surface area contributed by atoms with E-state index in [-0.39, 0.29) is 0 Å². The highest BCUT2D eigenvalue weighted by Gasteiger charge is 2.19. The van der Waals surface area contributed by atoms with Crippen LogP contribution in [-0.4, -0.2) is 4.57 Å². The molecule has 3 heteroatoms. The van der Waals surface area contributed by atoms with Crippen molar-refractivity contribution in [2.75, 3.05) is 0 Å². The number of thiophene rings is 2. The van der Waals surface area contributed by atoms with Gasteiger partial charge >= 0.3 is 0 Å². The van der Waals surface area contributed by atoms with Gasteiger partial charge in [-0.25, -0.2) is 0 Å². The van der Waals surface area contributed by atoms with Crippen LogP contribution >= 0.6 is 22.7 Å². The molecule has 6 aromatic rings. The lowest BCUT2D eigenvalue weighted by Gasteiger charge is -2.07. The van der Waals surface area contributed by atoms with Crippen LogP contribution in [0.3, 0.4) is 0 Å². The Kier molecular flexibility index (Phi) is 3.04. The van der Waals surface area contributed by atoms with Crippen molar-refractivity contribution in [3.8, 4) is 0 Å². The van der Waals surface area contributed by atoms with Crippen LogP contribution < -0.4 is 0 Å². The van der Waals surface area contributed by atoms with Crippen molar-refractivity contribution in [2.24, 2.45) is 0 Å². The smallest absolute Gasteiger partial charge is 0.0786 e. The van der Waals surface area contributed by atoms with E-state index < -0.39 is 0 Å². The van der Waals surface area contributed by atoms with Gasteiger partial charge in [0, 0.05) is 22.0 Å². The van der Waals surface area contributed by atoms with Crippen LogP contribution in [0, 0.1) is 0 Å². The van der Waals surface area contributed by atoms with Gasteiger partial charge in [0.15, 0.2) is 0 Å². The SMILES string of the molecule is c1ccc(Cn2c3ccccc3c3sc4c5ccccc5sc4c32)cc1. The summed E-state index contributed by atoms with van der Waals surface area (Å²) in [6.07, 6.45) is 0. The minimum Gasteiger partial charge on any atom is -0.334 e. The van der Waals surface area contributed by atoms with Gasteiger partial charge in [0.1, 0.15) is 0 Å². The predicted molar refractivity (Wildman–Crippen MR) is 116 cm³/mol. The molecule has 0 aliphatic rings. The first kappa shape index (κ1) is 14.5. The van der Waals surface area contributed by atoms with Crippen molar-refractivity contribution >= 4 is 63.3 Å². The second kappa shape index (κ2) is 5.44. The molecule has 0 spiro atoms. The summed E-state index contributed by atoms with van der Waals surface area (Å²) in [5.74, 6) is 0. The average molecular weight is 370 g/mol. The standard InChI is InChI=1S/C23H15NS2/c1-2-8-15(9-3-1)14-24-18-12-6-4-10-16(18)21-20(24)23-22(26-21)17-11-5-7-13-19(17)25-23/h1-13H,14H2. The molecule has 0 atom stereocenters. The van der Waals surface area contributed by atoms with Gasteiger partial charge in [0.05, 0.1) is 25.1 Å². The Bertz CT molecular complexity index is 1400. The lowest BCUT2D eigenvalue weighted by atomic mass is 10.2. The van der Waals surface area contributed by atoms with Crippen molar-refractivity contribution in [3.63, 3.8) is 0 Å². The largest absolute Gasteiger partial charge is 0.334 e. The molecule has 124 valence electrons. The molecule has 0 aliphatic heterocycles. The third-order valence-electron chi connectivity index (χ3n) is 5.08. The fraction of sp³-hybridized carbons (Fsp3) is 0.0435. The fourth-order valence-corrected chi connectivity index (χ4v) is 6.72. The summed E-state index contributed by atoms with van der Waals surface area (Å²) >= 11 is 3.88. The van der Waals surface area contributed by atoms with Crippen molar-refractivity contribution in [1.82, 2.24) is 4.57 Å². The monoisotopic (exact) mass is 369 g/mol. The molecule has 3 aromatic heterocycles. The van der Waals surface area contributed by atoms with E-state index in [9.17, 15) is 0 Å². The number of nitrogens with zero attached hydrogens (tertiary/aromatic N) is 1. The highest BCUT2D eigenvalue weighted by molar-refractivity contribution is 7.37. The molecule has 0 N–H and O–H groups in total. The molecule has 6 rings (SSSR count). The molecule has 0 amide bonds. The Morgan fingerprint density at radius 1 is 0.615 bits per heavy atom. The Labute approximate surface area is 158 Å². The Morgan fingerprint density at radius 2 is 1.35 bits per heavy atom. The molecule has 0 aliphatic carbocycles. The van der Waals surface area contributed by atoms with Gasteiger partial charge in [-0.2, -0.15) is 0 Å². The van der Waals surface area contributed by atoms with Gasteiger partial charge in [-0.05, 0) is 17.7 Å². The van der Waals surface area contributed by atoms with Crippen molar-refractivity contribution in [3.05, 3.63) is 84.4 Å². The summed E-state index contributed by atoms with van der Waals surface area (Å²) < 4.78 is 8.17. The van der Waals surface area contributed by atoms with Crippen molar-refractivity contribution < 1.29 is 0 Å². The normalized spacial score (nSPS) is 12.0. The van der Waals surface area contributed by atoms with Gasteiger partial charge in [0.25, 0.3) is 0 Å². The van der Waals surface area contributed by atoms with Gasteiger partial charge in [-0.3, -0.25) is 0 Å². The number of benzene rings is 3. The fourth-order valence-electron chi connectivity index (χ4n) is 3.91. The highest BCUT2D eigenvalue weighted by Crippen LogP contribution is 2.47. The van der Waals surface area contributed by atoms with E-state index in [1.54, 1.807) is 0 Å². The lowest BCUT2D eigenvalue weighted by molar-refractivity contribution is 0.872. The van der Waals surface area contributed by atoms with Crippen LogP contribution in [0.5, 0.6) is 0 Å². The van der Waals surface area contributed by atoms with Crippen LogP contribution in [0.15, 0.2) is 78.9 Å². The minimum atomic E-state index is 0.908. The number of fused-ring (bicyclic) bond motifs is 7. The zero-order valence-electron chi connectivity index (χ0n) is 14.0. The van der Waals surface area contributed by atoms with Crippen molar-refractivity contribution in [2.45, 2.75) is 6.54 Å². The molecule has 0 saturated carbocycles. The lowest BCUT2D eigenvalue weighted by Crippen LogP contribution is -1.98. The topological polar surface area (TPSA) is 4.93 Å². The summed E-state index contributed by atoms with van der Waals surface area (Å²) in [7, 11) is 0. The Morgan fingerprint density at radius 3 is 2.23 bits per heavy atom. The number of para-hydroxylation sites is 1. The maximum absolute atomic E-state index is 2.51. The molecule has 0 saturated heterocycles. The van der Waals surface area contributed by atoms with E-state index in [4.69, 9.17) is 0 Å². The molecular formula is C23H15NS2.